The third-order valence-corrected chi connectivity index (χ3v) is 5.83. The smallest absolute Gasteiger partial charge is 0.320 e. The van der Waals surface area contributed by atoms with Gasteiger partial charge in [-0.1, -0.05) is 36.8 Å². The van der Waals surface area contributed by atoms with E-state index >= 15 is 0 Å². The Morgan fingerprint density at radius 3 is 2.78 bits per heavy atom. The lowest BCUT2D eigenvalue weighted by molar-refractivity contribution is 0.245. The average Bonchev–Trinajstić information content (AvgIpc) is 3.21. The molecule has 0 bridgehead atoms. The molecule has 0 spiro atoms. The van der Waals surface area contributed by atoms with Crippen LogP contribution >= 0.6 is 0 Å². The van der Waals surface area contributed by atoms with E-state index < -0.39 is 0 Å². The van der Waals surface area contributed by atoms with Gasteiger partial charge in [-0.3, -0.25) is 10.3 Å². The molecule has 4 rings (SSSR count). The van der Waals surface area contributed by atoms with Gasteiger partial charge in [-0.25, -0.2) is 9.78 Å². The fraction of sp³-hybridized carbons (Fsp3) is 0.280. The average molecular weight is 429 g/mol. The van der Waals surface area contributed by atoms with Crippen LogP contribution in [0.5, 0.6) is 0 Å². The first-order valence-corrected chi connectivity index (χ1v) is 10.9. The van der Waals surface area contributed by atoms with Crippen molar-refractivity contribution in [3.63, 3.8) is 0 Å². The van der Waals surface area contributed by atoms with Crippen molar-refractivity contribution in [2.75, 3.05) is 10.6 Å². The summed E-state index contributed by atoms with van der Waals surface area (Å²) in [7, 11) is 0. The minimum absolute atomic E-state index is 0.147. The summed E-state index contributed by atoms with van der Waals surface area (Å²) in [5.41, 5.74) is 4.39. The fourth-order valence-corrected chi connectivity index (χ4v) is 4.25. The summed E-state index contributed by atoms with van der Waals surface area (Å²) in [4.78, 5) is 21.2. The maximum atomic E-state index is 12.6. The van der Waals surface area contributed by atoms with Gasteiger partial charge < -0.3 is 16.0 Å². The van der Waals surface area contributed by atoms with Crippen LogP contribution in [0.15, 0.2) is 60.9 Å². The van der Waals surface area contributed by atoms with Crippen molar-refractivity contribution in [3.8, 4) is 0 Å². The lowest BCUT2D eigenvalue weighted by Gasteiger charge is -2.21. The first kappa shape index (κ1) is 21.5. The zero-order chi connectivity index (χ0) is 22.3. The molecule has 0 radical (unpaired) electrons. The van der Waals surface area contributed by atoms with Crippen LogP contribution in [0.3, 0.4) is 0 Å². The highest BCUT2D eigenvalue weighted by Crippen LogP contribution is 2.29. The maximum absolute atomic E-state index is 12.6. The Morgan fingerprint density at radius 1 is 1.16 bits per heavy atom. The molecule has 32 heavy (non-hydrogen) atoms. The van der Waals surface area contributed by atoms with Gasteiger partial charge in [0, 0.05) is 35.4 Å². The Balaban J connectivity index is 1.38. The predicted octanol–water partition coefficient (Wildman–Crippen LogP) is 5.06. The molecule has 1 aliphatic carbocycles. The zero-order valence-corrected chi connectivity index (χ0v) is 18.1. The highest BCUT2D eigenvalue weighted by atomic mass is 16.2. The van der Waals surface area contributed by atoms with E-state index in [1.165, 1.54) is 11.8 Å². The van der Waals surface area contributed by atoms with Crippen LogP contribution in [-0.2, 0) is 6.42 Å². The molecular weight excluding hydrogens is 400 g/mol. The summed E-state index contributed by atoms with van der Waals surface area (Å²) >= 11 is 0. The zero-order valence-electron chi connectivity index (χ0n) is 18.1. The molecule has 1 aliphatic rings. The molecule has 1 saturated carbocycles. The molecule has 0 saturated heterocycles. The number of hydrogen-bond donors (Lipinski definition) is 4. The molecule has 0 aliphatic heterocycles. The number of aryl methyl sites for hydroxylation is 1. The quantitative estimate of drug-likeness (QED) is 0.395. The number of urea groups is 1. The van der Waals surface area contributed by atoms with Crippen LogP contribution in [0, 0.1) is 18.3 Å². The van der Waals surface area contributed by atoms with Gasteiger partial charge in [0.1, 0.15) is 5.82 Å². The Hall–Kier alpha value is -3.74. The number of benzene rings is 1. The molecule has 2 atom stereocenters. The first-order chi connectivity index (χ1) is 15.6. The Labute approximate surface area is 188 Å². The highest BCUT2D eigenvalue weighted by Gasteiger charge is 2.28. The second-order valence-electron chi connectivity index (χ2n) is 8.20. The van der Waals surface area contributed by atoms with E-state index in [1.807, 2.05) is 25.1 Å². The minimum atomic E-state index is -0.260. The second kappa shape index (κ2) is 10.0. The van der Waals surface area contributed by atoms with Crippen LogP contribution in [0.4, 0.5) is 22.0 Å². The summed E-state index contributed by atoms with van der Waals surface area (Å²) < 4.78 is 0. The largest absolute Gasteiger partial charge is 0.354 e. The van der Waals surface area contributed by atoms with Gasteiger partial charge >= 0.3 is 6.03 Å². The number of carbonyl (C=O) groups is 1. The van der Waals surface area contributed by atoms with Gasteiger partial charge in [-0.2, -0.15) is 0 Å². The van der Waals surface area contributed by atoms with E-state index in [4.69, 9.17) is 5.41 Å². The monoisotopic (exact) mass is 428 g/mol. The number of amides is 2. The normalized spacial score (nSPS) is 17.5. The minimum Gasteiger partial charge on any atom is -0.354 e. The van der Waals surface area contributed by atoms with Crippen molar-refractivity contribution in [2.45, 2.75) is 38.6 Å². The Morgan fingerprint density at radius 2 is 2.00 bits per heavy atom. The van der Waals surface area contributed by atoms with Crippen LogP contribution in [0.2, 0.25) is 0 Å². The molecule has 2 aromatic heterocycles. The molecule has 1 fully saturated rings. The van der Waals surface area contributed by atoms with Crippen molar-refractivity contribution >= 4 is 29.4 Å². The van der Waals surface area contributed by atoms with Crippen molar-refractivity contribution in [3.05, 3.63) is 77.7 Å². The number of nitrogens with one attached hydrogen (secondary N) is 4. The second-order valence-corrected chi connectivity index (χ2v) is 8.20. The lowest BCUT2D eigenvalue weighted by Crippen LogP contribution is -2.40. The molecule has 4 N–H and O–H groups in total. The van der Waals surface area contributed by atoms with Crippen molar-refractivity contribution in [2.24, 2.45) is 5.92 Å². The van der Waals surface area contributed by atoms with Gasteiger partial charge in [0.25, 0.3) is 0 Å². The SMILES string of the molecule is Cc1cc(Nc2cnc(NC(=O)N[C@H]3CCC[C@H]3Cc3ccccc3)cc2C=N)ccn1. The number of rotatable bonds is 7. The Kier molecular flexibility index (Phi) is 6.75. The van der Waals surface area contributed by atoms with E-state index in [0.717, 1.165) is 37.1 Å². The van der Waals surface area contributed by atoms with Crippen LogP contribution < -0.4 is 16.0 Å². The maximum Gasteiger partial charge on any atom is 0.320 e. The standard InChI is InChI=1S/C25H28N6O/c1-17-12-21(10-11-27-17)29-23-16-28-24(14-20(23)15-26)31-25(32)30-22-9-5-8-19(22)13-18-6-3-2-4-7-18/h2-4,6-7,10-12,14-16,19,22,26H,5,8-9,13H2,1H3,(H,27,29)(H2,28,30,31,32)/t19-,22-/m0/s1. The molecule has 164 valence electrons. The molecule has 7 heteroatoms. The third-order valence-electron chi connectivity index (χ3n) is 5.83. The van der Waals surface area contributed by atoms with Crippen LogP contribution in [-0.4, -0.2) is 28.3 Å². The Bertz CT molecular complexity index is 1080. The van der Waals surface area contributed by atoms with Crippen LogP contribution in [0.25, 0.3) is 0 Å². The molecular formula is C25H28N6O. The highest BCUT2D eigenvalue weighted by molar-refractivity contribution is 5.92. The molecule has 7 nitrogen and oxygen atoms in total. The van der Waals surface area contributed by atoms with E-state index in [2.05, 4.69) is 50.2 Å². The predicted molar refractivity (Wildman–Crippen MR) is 128 cm³/mol. The third kappa shape index (κ3) is 5.49. The molecule has 1 aromatic carbocycles. The molecule has 2 heterocycles. The summed E-state index contributed by atoms with van der Waals surface area (Å²) in [6.45, 7) is 1.92. The van der Waals surface area contributed by atoms with E-state index in [0.29, 0.717) is 23.0 Å². The topological polar surface area (TPSA) is 103 Å². The van der Waals surface area contributed by atoms with Crippen molar-refractivity contribution in [1.82, 2.24) is 15.3 Å². The van der Waals surface area contributed by atoms with Gasteiger partial charge in [0.2, 0.25) is 0 Å². The number of hydrogen-bond acceptors (Lipinski definition) is 5. The fourth-order valence-electron chi connectivity index (χ4n) is 4.25. The summed E-state index contributed by atoms with van der Waals surface area (Å²) in [5.74, 6) is 0.846. The van der Waals surface area contributed by atoms with Gasteiger partial charge in [0.05, 0.1) is 11.9 Å². The van der Waals surface area contributed by atoms with Crippen molar-refractivity contribution < 1.29 is 4.79 Å². The lowest BCUT2D eigenvalue weighted by atomic mass is 9.95. The summed E-state index contributed by atoms with van der Waals surface area (Å²) in [5, 5.41) is 17.0. The van der Waals surface area contributed by atoms with E-state index in [1.54, 1.807) is 18.5 Å². The molecule has 2 amide bonds. The number of nitrogens with zero attached hydrogens (tertiary/aromatic N) is 2. The van der Waals surface area contributed by atoms with E-state index in [-0.39, 0.29) is 12.1 Å². The summed E-state index contributed by atoms with van der Waals surface area (Å²) in [6.07, 6.45) is 8.78. The number of anilines is 3. The van der Waals surface area contributed by atoms with E-state index in [9.17, 15) is 4.79 Å². The number of pyridine rings is 2. The number of aromatic nitrogens is 2. The molecule has 3 aromatic rings. The number of carbonyl (C=O) groups excluding carboxylic acids is 1. The summed E-state index contributed by atoms with van der Waals surface area (Å²) in [6, 6.07) is 15.8. The van der Waals surface area contributed by atoms with Gasteiger partial charge in [-0.15, -0.1) is 0 Å². The van der Waals surface area contributed by atoms with Crippen molar-refractivity contribution in [1.29, 1.82) is 5.41 Å². The van der Waals surface area contributed by atoms with Gasteiger partial charge in [-0.05, 0) is 55.9 Å². The van der Waals surface area contributed by atoms with Gasteiger partial charge in [0.15, 0.2) is 0 Å². The first-order valence-electron chi connectivity index (χ1n) is 10.9. The molecule has 0 unspecified atom stereocenters. The van der Waals surface area contributed by atoms with Crippen LogP contribution in [0.1, 0.15) is 36.1 Å².